The molecule has 2 rings (SSSR count). The predicted octanol–water partition coefficient (Wildman–Crippen LogP) is 3.11. The maximum Gasteiger partial charge on any atom is 0.573 e. The van der Waals surface area contributed by atoms with Gasteiger partial charge in [0.25, 0.3) is 5.91 Å². The molecule has 0 spiro atoms. The maximum absolute atomic E-state index is 12.2. The normalized spacial score (nSPS) is 11.4. The van der Waals surface area contributed by atoms with E-state index in [1.807, 2.05) is 0 Å². The lowest BCUT2D eigenvalue weighted by atomic mass is 10.2. The summed E-state index contributed by atoms with van der Waals surface area (Å²) in [4.78, 5) is 12.0. The molecule has 0 unspecified atom stereocenters. The second kappa shape index (κ2) is 8.50. The number of hydrogen-bond acceptors (Lipinski definition) is 4. The van der Waals surface area contributed by atoms with Gasteiger partial charge in [0.15, 0.2) is 5.69 Å². The van der Waals surface area contributed by atoms with Crippen LogP contribution < -0.4 is 10.1 Å². The van der Waals surface area contributed by atoms with Gasteiger partial charge in [-0.3, -0.25) is 9.48 Å². The largest absolute Gasteiger partial charge is 0.573 e. The number of carbonyl (C=O) groups is 1. The third-order valence-corrected chi connectivity index (χ3v) is 3.24. The smallest absolute Gasteiger partial charge is 0.406 e. The van der Waals surface area contributed by atoms with Crippen molar-refractivity contribution < 1.29 is 22.7 Å². The van der Waals surface area contributed by atoms with E-state index in [9.17, 15) is 18.0 Å². The fraction of sp³-hybridized carbons (Fsp3) is 0.375. The molecule has 1 radical (unpaired) electrons. The van der Waals surface area contributed by atoms with Crippen LogP contribution in [0.15, 0.2) is 30.5 Å². The summed E-state index contributed by atoms with van der Waals surface area (Å²) in [5.74, 6) is -0.791. The SMILES string of the molecule is [CH2]CCCCn1cc(C(=O)NCc2cccc(OC(F)(F)F)c2)nn1. The van der Waals surface area contributed by atoms with E-state index < -0.39 is 12.3 Å². The molecule has 1 amide bonds. The molecular weight excluding hydrogens is 337 g/mol. The minimum atomic E-state index is -4.76. The van der Waals surface area contributed by atoms with Gasteiger partial charge >= 0.3 is 6.36 Å². The summed E-state index contributed by atoms with van der Waals surface area (Å²) < 4.78 is 42.0. The molecule has 0 saturated carbocycles. The van der Waals surface area contributed by atoms with Crippen LogP contribution in [0.1, 0.15) is 35.3 Å². The third kappa shape index (κ3) is 6.44. The molecule has 0 saturated heterocycles. The molecule has 25 heavy (non-hydrogen) atoms. The van der Waals surface area contributed by atoms with Crippen molar-refractivity contribution in [2.75, 3.05) is 0 Å². The van der Waals surface area contributed by atoms with Crippen molar-refractivity contribution in [1.82, 2.24) is 20.3 Å². The maximum atomic E-state index is 12.2. The number of aryl methyl sites for hydroxylation is 1. The van der Waals surface area contributed by atoms with Crippen LogP contribution in [-0.2, 0) is 13.1 Å². The lowest BCUT2D eigenvalue weighted by Gasteiger charge is -2.10. The highest BCUT2D eigenvalue weighted by molar-refractivity contribution is 5.91. The zero-order chi connectivity index (χ0) is 18.3. The summed E-state index contributed by atoms with van der Waals surface area (Å²) in [5, 5.41) is 10.2. The van der Waals surface area contributed by atoms with Crippen LogP contribution in [0.5, 0.6) is 5.75 Å². The summed E-state index contributed by atoms with van der Waals surface area (Å²) >= 11 is 0. The summed E-state index contributed by atoms with van der Waals surface area (Å²) in [5.41, 5.74) is 0.621. The third-order valence-electron chi connectivity index (χ3n) is 3.24. The Morgan fingerprint density at radius 3 is 2.84 bits per heavy atom. The molecule has 1 heterocycles. The Balaban J connectivity index is 1.88. The van der Waals surface area contributed by atoms with Crippen molar-refractivity contribution in [2.45, 2.75) is 38.7 Å². The molecule has 1 N–H and O–H groups in total. The molecule has 0 aliphatic heterocycles. The zero-order valence-corrected chi connectivity index (χ0v) is 13.4. The highest BCUT2D eigenvalue weighted by atomic mass is 19.4. The standard InChI is InChI=1S/C16H18F3N4O2/c1-2-3-4-8-23-11-14(21-22-23)15(24)20-10-12-6-5-7-13(9-12)25-16(17,18)19/h5-7,9,11H,1-4,8,10H2,(H,20,24). The number of nitrogens with zero attached hydrogens (tertiary/aromatic N) is 3. The van der Waals surface area contributed by atoms with E-state index in [1.54, 1.807) is 10.7 Å². The van der Waals surface area contributed by atoms with Crippen LogP contribution in [0.2, 0.25) is 0 Å². The second-order valence-corrected chi connectivity index (χ2v) is 5.31. The van der Waals surface area contributed by atoms with Crippen molar-refractivity contribution in [3.05, 3.63) is 48.6 Å². The van der Waals surface area contributed by atoms with E-state index in [2.05, 4.69) is 27.3 Å². The number of ether oxygens (including phenoxy) is 1. The molecule has 1 aromatic heterocycles. The number of amides is 1. The second-order valence-electron chi connectivity index (χ2n) is 5.31. The molecule has 2 aromatic rings. The highest BCUT2D eigenvalue weighted by Gasteiger charge is 2.31. The summed E-state index contributed by atoms with van der Waals surface area (Å²) in [6, 6.07) is 5.40. The van der Waals surface area contributed by atoms with Crippen molar-refractivity contribution in [3.8, 4) is 5.75 Å². The van der Waals surface area contributed by atoms with Crippen LogP contribution in [0.25, 0.3) is 0 Å². The van der Waals surface area contributed by atoms with E-state index in [-0.39, 0.29) is 18.0 Å². The van der Waals surface area contributed by atoms with E-state index in [0.29, 0.717) is 12.1 Å². The first-order valence-corrected chi connectivity index (χ1v) is 7.69. The molecule has 1 aromatic carbocycles. The Morgan fingerprint density at radius 1 is 1.32 bits per heavy atom. The van der Waals surface area contributed by atoms with Gasteiger partial charge < -0.3 is 10.1 Å². The van der Waals surface area contributed by atoms with Gasteiger partial charge in [0.1, 0.15) is 5.75 Å². The van der Waals surface area contributed by atoms with Crippen LogP contribution in [0.3, 0.4) is 0 Å². The number of rotatable bonds is 8. The average molecular weight is 355 g/mol. The van der Waals surface area contributed by atoms with Gasteiger partial charge in [0.05, 0.1) is 6.20 Å². The molecule has 0 aliphatic carbocycles. The summed E-state index contributed by atoms with van der Waals surface area (Å²) in [7, 11) is 0. The highest BCUT2D eigenvalue weighted by Crippen LogP contribution is 2.23. The van der Waals surface area contributed by atoms with E-state index in [1.165, 1.54) is 24.4 Å². The van der Waals surface area contributed by atoms with Gasteiger partial charge in [0.2, 0.25) is 0 Å². The Kier molecular flexibility index (Phi) is 6.37. The number of carbonyl (C=O) groups excluding carboxylic acids is 1. The van der Waals surface area contributed by atoms with Crippen molar-refractivity contribution in [1.29, 1.82) is 0 Å². The van der Waals surface area contributed by atoms with Crippen molar-refractivity contribution in [2.24, 2.45) is 0 Å². The number of hydrogen-bond donors (Lipinski definition) is 1. The summed E-state index contributed by atoms with van der Waals surface area (Å²) in [6.07, 6.45) is -0.549. The monoisotopic (exact) mass is 355 g/mol. The number of alkyl halides is 3. The molecule has 9 heteroatoms. The average Bonchev–Trinajstić information content (AvgIpc) is 3.01. The van der Waals surface area contributed by atoms with E-state index in [0.717, 1.165) is 19.3 Å². The van der Waals surface area contributed by atoms with Gasteiger partial charge in [0, 0.05) is 13.1 Å². The number of halogens is 3. The Bertz CT molecular complexity index is 701. The Labute approximate surface area is 143 Å². The molecular formula is C16H18F3N4O2. The van der Waals surface area contributed by atoms with Crippen molar-refractivity contribution in [3.63, 3.8) is 0 Å². The minimum Gasteiger partial charge on any atom is -0.406 e. The van der Waals surface area contributed by atoms with Crippen LogP contribution in [-0.4, -0.2) is 27.3 Å². The van der Waals surface area contributed by atoms with E-state index >= 15 is 0 Å². The van der Waals surface area contributed by atoms with Gasteiger partial charge in [-0.15, -0.1) is 18.3 Å². The quantitative estimate of drug-likeness (QED) is 0.739. The number of nitrogens with one attached hydrogen (secondary N) is 1. The molecule has 0 bridgehead atoms. The molecule has 6 nitrogen and oxygen atoms in total. The zero-order valence-electron chi connectivity index (χ0n) is 13.4. The molecule has 0 aliphatic rings. The minimum absolute atomic E-state index is 0.0439. The Hall–Kier alpha value is -2.58. The Morgan fingerprint density at radius 2 is 2.12 bits per heavy atom. The fourth-order valence-corrected chi connectivity index (χ4v) is 2.09. The van der Waals surface area contributed by atoms with Gasteiger partial charge in [-0.05, 0) is 24.1 Å². The van der Waals surface area contributed by atoms with Crippen LogP contribution in [0.4, 0.5) is 13.2 Å². The summed E-state index contributed by atoms with van der Waals surface area (Å²) in [6.45, 7) is 4.44. The molecule has 135 valence electrons. The lowest BCUT2D eigenvalue weighted by molar-refractivity contribution is -0.274. The van der Waals surface area contributed by atoms with Crippen molar-refractivity contribution >= 4 is 5.91 Å². The fourth-order valence-electron chi connectivity index (χ4n) is 2.09. The first-order chi connectivity index (χ1) is 11.9. The van der Waals surface area contributed by atoms with E-state index in [4.69, 9.17) is 0 Å². The van der Waals surface area contributed by atoms with Gasteiger partial charge in [-0.2, -0.15) is 0 Å². The van der Waals surface area contributed by atoms with Crippen LogP contribution in [0, 0.1) is 6.92 Å². The van der Waals surface area contributed by atoms with Gasteiger partial charge in [-0.25, -0.2) is 0 Å². The topological polar surface area (TPSA) is 69.0 Å². The lowest BCUT2D eigenvalue weighted by Crippen LogP contribution is -2.23. The number of benzene rings is 1. The number of aromatic nitrogens is 3. The first kappa shape index (κ1) is 18.8. The predicted molar refractivity (Wildman–Crippen MR) is 83.5 cm³/mol. The van der Waals surface area contributed by atoms with Gasteiger partial charge in [-0.1, -0.05) is 37.1 Å². The molecule has 0 atom stereocenters. The molecule has 0 fully saturated rings. The number of unbranched alkanes of at least 4 members (excludes halogenated alkanes) is 2. The first-order valence-electron chi connectivity index (χ1n) is 7.69. The van der Waals surface area contributed by atoms with Crippen LogP contribution >= 0.6 is 0 Å².